The van der Waals surface area contributed by atoms with Crippen LogP contribution in [0.5, 0.6) is 0 Å². The fourth-order valence-electron chi connectivity index (χ4n) is 3.09. The summed E-state index contributed by atoms with van der Waals surface area (Å²) in [6, 6.07) is 15.8. The molecular weight excluding hydrogens is 302 g/mol. The molecule has 0 radical (unpaired) electrons. The van der Waals surface area contributed by atoms with Crippen LogP contribution in [0.1, 0.15) is 16.2 Å². The number of piperazine rings is 1. The predicted molar refractivity (Wildman–Crippen MR) is 91.6 cm³/mol. The summed E-state index contributed by atoms with van der Waals surface area (Å²) >= 11 is 0. The average molecular weight is 321 g/mol. The number of nitrogens with zero attached hydrogens (tertiary/aromatic N) is 3. The van der Waals surface area contributed by atoms with Crippen molar-refractivity contribution in [2.75, 3.05) is 26.2 Å². The summed E-state index contributed by atoms with van der Waals surface area (Å²) in [6.07, 6.45) is 1.54. The monoisotopic (exact) mass is 321 g/mol. The van der Waals surface area contributed by atoms with Gasteiger partial charge < -0.3 is 9.32 Å². The molecule has 2 aromatic heterocycles. The van der Waals surface area contributed by atoms with Crippen molar-refractivity contribution in [1.82, 2.24) is 14.8 Å². The number of amides is 1. The third kappa shape index (κ3) is 3.03. The normalized spacial score (nSPS) is 15.8. The Labute approximate surface area is 140 Å². The minimum absolute atomic E-state index is 0.0246. The Bertz CT molecular complexity index is 837. The van der Waals surface area contributed by atoms with E-state index in [2.05, 4.69) is 23.1 Å². The molecule has 1 amide bonds. The largest absolute Gasteiger partial charge is 0.459 e. The van der Waals surface area contributed by atoms with Crippen LogP contribution in [0.2, 0.25) is 0 Å². The Hall–Kier alpha value is -2.66. The third-order valence-corrected chi connectivity index (χ3v) is 4.43. The first-order valence-electron chi connectivity index (χ1n) is 8.19. The van der Waals surface area contributed by atoms with Gasteiger partial charge >= 0.3 is 0 Å². The van der Waals surface area contributed by atoms with Crippen molar-refractivity contribution in [3.05, 3.63) is 66.2 Å². The number of para-hydroxylation sites is 1. The minimum Gasteiger partial charge on any atom is -0.459 e. The SMILES string of the molecule is O=C(c1ccco1)N1CCN(Cc2ccc3ccccc3n2)CC1. The molecule has 5 nitrogen and oxygen atoms in total. The molecule has 1 aromatic carbocycles. The van der Waals surface area contributed by atoms with Crippen molar-refractivity contribution in [3.63, 3.8) is 0 Å². The number of carbonyl (C=O) groups is 1. The first-order valence-corrected chi connectivity index (χ1v) is 8.19. The van der Waals surface area contributed by atoms with Crippen molar-refractivity contribution in [3.8, 4) is 0 Å². The summed E-state index contributed by atoms with van der Waals surface area (Å²) in [5, 5.41) is 1.16. The molecule has 24 heavy (non-hydrogen) atoms. The summed E-state index contributed by atoms with van der Waals surface area (Å²) in [6.45, 7) is 3.94. The topological polar surface area (TPSA) is 49.6 Å². The highest BCUT2D eigenvalue weighted by Crippen LogP contribution is 2.15. The van der Waals surface area contributed by atoms with Gasteiger partial charge in [0.05, 0.1) is 17.5 Å². The second-order valence-corrected chi connectivity index (χ2v) is 6.04. The van der Waals surface area contributed by atoms with Gasteiger partial charge in [0, 0.05) is 38.1 Å². The van der Waals surface area contributed by atoms with E-state index in [9.17, 15) is 4.79 Å². The summed E-state index contributed by atoms with van der Waals surface area (Å²) < 4.78 is 5.20. The van der Waals surface area contributed by atoms with Crippen LogP contribution >= 0.6 is 0 Å². The smallest absolute Gasteiger partial charge is 0.289 e. The first-order chi connectivity index (χ1) is 11.8. The molecule has 0 N–H and O–H groups in total. The summed E-state index contributed by atoms with van der Waals surface area (Å²) in [4.78, 5) is 21.2. The van der Waals surface area contributed by atoms with Gasteiger partial charge in [0.1, 0.15) is 0 Å². The first kappa shape index (κ1) is 14.9. The molecule has 1 saturated heterocycles. The summed E-state index contributed by atoms with van der Waals surface area (Å²) in [5.74, 6) is 0.392. The quantitative estimate of drug-likeness (QED) is 0.744. The highest BCUT2D eigenvalue weighted by Gasteiger charge is 2.23. The van der Waals surface area contributed by atoms with Crippen LogP contribution in [-0.4, -0.2) is 46.9 Å². The van der Waals surface area contributed by atoms with E-state index in [0.29, 0.717) is 18.8 Å². The Morgan fingerprint density at radius 3 is 2.62 bits per heavy atom. The van der Waals surface area contributed by atoms with Crippen LogP contribution in [-0.2, 0) is 6.54 Å². The molecule has 0 atom stereocenters. The molecule has 0 aliphatic carbocycles. The zero-order valence-corrected chi connectivity index (χ0v) is 13.4. The number of pyridine rings is 1. The standard InChI is InChI=1S/C19H19N3O2/c23-19(18-6-3-13-24-18)22-11-9-21(10-12-22)14-16-8-7-15-4-1-2-5-17(15)20-16/h1-8,13H,9-12,14H2. The Morgan fingerprint density at radius 2 is 1.83 bits per heavy atom. The summed E-state index contributed by atoms with van der Waals surface area (Å²) in [7, 11) is 0. The van der Waals surface area contributed by atoms with Crippen LogP contribution in [0.3, 0.4) is 0 Å². The van der Waals surface area contributed by atoms with Crippen molar-refractivity contribution >= 4 is 16.8 Å². The van der Waals surface area contributed by atoms with E-state index in [0.717, 1.165) is 36.2 Å². The molecule has 5 heteroatoms. The van der Waals surface area contributed by atoms with Crippen LogP contribution in [0.15, 0.2) is 59.2 Å². The van der Waals surface area contributed by atoms with Gasteiger partial charge in [0.25, 0.3) is 5.91 Å². The van der Waals surface area contributed by atoms with Crippen LogP contribution in [0.4, 0.5) is 0 Å². The second-order valence-electron chi connectivity index (χ2n) is 6.04. The number of hydrogen-bond acceptors (Lipinski definition) is 4. The molecule has 0 saturated carbocycles. The van der Waals surface area contributed by atoms with E-state index < -0.39 is 0 Å². The van der Waals surface area contributed by atoms with Gasteiger partial charge in [-0.05, 0) is 24.3 Å². The Kier molecular flexibility index (Phi) is 4.01. The third-order valence-electron chi connectivity index (χ3n) is 4.43. The maximum atomic E-state index is 12.3. The van der Waals surface area contributed by atoms with E-state index in [4.69, 9.17) is 9.40 Å². The fourth-order valence-corrected chi connectivity index (χ4v) is 3.09. The molecule has 3 aromatic rings. The predicted octanol–water partition coefficient (Wildman–Crippen LogP) is 2.79. The molecule has 1 fully saturated rings. The average Bonchev–Trinajstić information content (AvgIpc) is 3.16. The van der Waals surface area contributed by atoms with Crippen molar-refractivity contribution in [2.24, 2.45) is 0 Å². The van der Waals surface area contributed by atoms with E-state index in [1.165, 1.54) is 6.26 Å². The maximum absolute atomic E-state index is 12.3. The lowest BCUT2D eigenvalue weighted by Gasteiger charge is -2.34. The molecule has 1 aliphatic rings. The number of fused-ring (bicyclic) bond motifs is 1. The second kappa shape index (κ2) is 6.45. The van der Waals surface area contributed by atoms with Gasteiger partial charge in [-0.3, -0.25) is 14.7 Å². The lowest BCUT2D eigenvalue weighted by Crippen LogP contribution is -2.48. The maximum Gasteiger partial charge on any atom is 0.289 e. The number of furan rings is 1. The molecule has 0 bridgehead atoms. The van der Waals surface area contributed by atoms with Gasteiger partial charge in [-0.2, -0.15) is 0 Å². The molecule has 0 unspecified atom stereocenters. The lowest BCUT2D eigenvalue weighted by atomic mass is 10.2. The van der Waals surface area contributed by atoms with Crippen molar-refractivity contribution in [1.29, 1.82) is 0 Å². The van der Waals surface area contributed by atoms with E-state index >= 15 is 0 Å². The van der Waals surface area contributed by atoms with E-state index in [1.807, 2.05) is 23.1 Å². The van der Waals surface area contributed by atoms with Gasteiger partial charge in [-0.15, -0.1) is 0 Å². The number of carbonyl (C=O) groups excluding carboxylic acids is 1. The molecule has 4 rings (SSSR count). The van der Waals surface area contributed by atoms with Gasteiger partial charge in [0.15, 0.2) is 5.76 Å². The Morgan fingerprint density at radius 1 is 1.00 bits per heavy atom. The van der Waals surface area contributed by atoms with Crippen LogP contribution in [0.25, 0.3) is 10.9 Å². The van der Waals surface area contributed by atoms with Crippen molar-refractivity contribution < 1.29 is 9.21 Å². The van der Waals surface area contributed by atoms with Gasteiger partial charge in [0.2, 0.25) is 0 Å². The zero-order valence-electron chi connectivity index (χ0n) is 13.4. The molecule has 0 spiro atoms. The minimum atomic E-state index is -0.0246. The van der Waals surface area contributed by atoms with E-state index in [-0.39, 0.29) is 5.91 Å². The molecular formula is C19H19N3O2. The highest BCUT2D eigenvalue weighted by atomic mass is 16.3. The van der Waals surface area contributed by atoms with Crippen LogP contribution in [0, 0.1) is 0 Å². The number of rotatable bonds is 3. The summed E-state index contributed by atoms with van der Waals surface area (Å²) in [5.41, 5.74) is 2.10. The van der Waals surface area contributed by atoms with Crippen LogP contribution < -0.4 is 0 Å². The molecule has 122 valence electrons. The van der Waals surface area contributed by atoms with E-state index in [1.54, 1.807) is 12.1 Å². The van der Waals surface area contributed by atoms with Gasteiger partial charge in [-0.25, -0.2) is 0 Å². The van der Waals surface area contributed by atoms with Crippen molar-refractivity contribution in [2.45, 2.75) is 6.54 Å². The molecule has 1 aliphatic heterocycles. The lowest BCUT2D eigenvalue weighted by molar-refractivity contribution is 0.0596. The highest BCUT2D eigenvalue weighted by molar-refractivity contribution is 5.91. The number of hydrogen-bond donors (Lipinski definition) is 0. The Balaban J connectivity index is 1.38. The number of aromatic nitrogens is 1. The fraction of sp³-hybridized carbons (Fsp3) is 0.263. The molecule has 3 heterocycles. The number of benzene rings is 1. The zero-order chi connectivity index (χ0) is 16.4. The van der Waals surface area contributed by atoms with Gasteiger partial charge in [-0.1, -0.05) is 24.3 Å².